The Bertz CT molecular complexity index is 2360. The predicted octanol–water partition coefficient (Wildman–Crippen LogP) is 10.0. The normalized spacial score (nSPS) is 14.9. The molecule has 280 valence electrons. The molecule has 0 bridgehead atoms. The van der Waals surface area contributed by atoms with Gasteiger partial charge in [-0.25, -0.2) is 15.0 Å². The van der Waals surface area contributed by atoms with Crippen LogP contribution in [0.3, 0.4) is 0 Å². The molecule has 13 nitrogen and oxygen atoms in total. The Kier molecular flexibility index (Phi) is 11.6. The van der Waals surface area contributed by atoms with Crippen LogP contribution in [0.25, 0.3) is 32.0 Å². The Balaban J connectivity index is 0.000000156. The number of thiazole rings is 2. The fraction of sp³-hybridized carbons (Fsp3) is 0.350. The molecule has 2 fully saturated rings. The molecule has 2 aliphatic carbocycles. The topological polar surface area (TPSA) is 172 Å². The van der Waals surface area contributed by atoms with E-state index in [9.17, 15) is 0 Å². The van der Waals surface area contributed by atoms with Gasteiger partial charge in [-0.15, -0.1) is 10.2 Å². The van der Waals surface area contributed by atoms with Gasteiger partial charge in [0.25, 0.3) is 0 Å². The molecule has 0 aliphatic heterocycles. The highest BCUT2D eigenvalue weighted by Gasteiger charge is 2.16. The van der Waals surface area contributed by atoms with Gasteiger partial charge >= 0.3 is 0 Å². The van der Waals surface area contributed by atoms with Crippen molar-refractivity contribution in [3.8, 4) is 40.6 Å². The van der Waals surface area contributed by atoms with Crippen LogP contribution in [0.15, 0.2) is 73.1 Å². The average molecular weight is 772 g/mol. The molecule has 3 N–H and O–H groups in total. The summed E-state index contributed by atoms with van der Waals surface area (Å²) in [7, 11) is 0. The van der Waals surface area contributed by atoms with Crippen molar-refractivity contribution < 1.29 is 9.47 Å². The minimum absolute atomic E-state index is 0.343. The summed E-state index contributed by atoms with van der Waals surface area (Å²) in [6.07, 6.45) is 16.7. The van der Waals surface area contributed by atoms with E-state index in [2.05, 4.69) is 46.2 Å². The molecule has 0 atom stereocenters. The molecule has 2 saturated carbocycles. The van der Waals surface area contributed by atoms with Crippen LogP contribution in [-0.2, 0) is 0 Å². The van der Waals surface area contributed by atoms with Crippen molar-refractivity contribution >= 4 is 53.4 Å². The maximum Gasteiger partial charge on any atom is 0.223 e. The van der Waals surface area contributed by atoms with Crippen LogP contribution in [0.5, 0.6) is 23.0 Å². The number of ether oxygens (including phenoxy) is 2. The van der Waals surface area contributed by atoms with Crippen molar-refractivity contribution in [1.29, 1.82) is 5.26 Å². The summed E-state index contributed by atoms with van der Waals surface area (Å²) in [5.41, 5.74) is 2.90. The van der Waals surface area contributed by atoms with E-state index in [1.807, 2.05) is 42.5 Å². The summed E-state index contributed by atoms with van der Waals surface area (Å²) in [5.74, 6) is 4.74. The van der Waals surface area contributed by atoms with Gasteiger partial charge in [0.15, 0.2) is 10.3 Å². The summed E-state index contributed by atoms with van der Waals surface area (Å²) < 4.78 is 14.1. The number of nitriles is 1. The van der Waals surface area contributed by atoms with Crippen molar-refractivity contribution in [3.05, 3.63) is 78.8 Å². The van der Waals surface area contributed by atoms with E-state index in [1.54, 1.807) is 59.3 Å². The fourth-order valence-corrected chi connectivity index (χ4v) is 8.81. The molecule has 9 rings (SSSR count). The molecule has 0 saturated heterocycles. The zero-order valence-corrected chi connectivity index (χ0v) is 31.9. The van der Waals surface area contributed by atoms with Gasteiger partial charge in [0.05, 0.1) is 20.4 Å². The summed E-state index contributed by atoms with van der Waals surface area (Å²) >= 11 is 3.32. The third kappa shape index (κ3) is 9.69. The second kappa shape index (κ2) is 17.6. The number of aromatic nitrogens is 8. The number of aromatic amines is 1. The molecule has 55 heavy (non-hydrogen) atoms. The van der Waals surface area contributed by atoms with E-state index in [-0.39, 0.29) is 0 Å². The number of tetrazole rings is 1. The summed E-state index contributed by atoms with van der Waals surface area (Å²) in [5, 5.41) is 31.8. The summed E-state index contributed by atoms with van der Waals surface area (Å²) in [4.78, 5) is 17.6. The van der Waals surface area contributed by atoms with Gasteiger partial charge < -0.3 is 20.1 Å². The third-order valence-corrected chi connectivity index (χ3v) is 11.8. The van der Waals surface area contributed by atoms with Gasteiger partial charge in [0.1, 0.15) is 40.5 Å². The molecule has 0 radical (unpaired) electrons. The maximum atomic E-state index is 8.94. The monoisotopic (exact) mass is 771 g/mol. The molecule has 2 aromatic carbocycles. The fourth-order valence-electron chi connectivity index (χ4n) is 7.01. The molecule has 5 aromatic heterocycles. The first-order valence-electron chi connectivity index (χ1n) is 18.8. The minimum Gasteiger partial charge on any atom is -0.457 e. The van der Waals surface area contributed by atoms with Crippen LogP contribution in [0, 0.1) is 23.2 Å². The van der Waals surface area contributed by atoms with Crippen molar-refractivity contribution in [2.75, 3.05) is 23.7 Å². The first-order valence-corrected chi connectivity index (χ1v) is 20.5. The maximum absolute atomic E-state index is 8.94. The smallest absolute Gasteiger partial charge is 0.223 e. The van der Waals surface area contributed by atoms with Gasteiger partial charge in [-0.1, -0.05) is 61.2 Å². The van der Waals surface area contributed by atoms with Crippen molar-refractivity contribution in [1.82, 2.24) is 40.6 Å². The number of benzene rings is 2. The Hall–Kier alpha value is -5.72. The molecule has 5 heterocycles. The molecular weight excluding hydrogens is 731 g/mol. The number of H-pyrrole nitrogens is 1. The quantitative estimate of drug-likeness (QED) is 0.114. The lowest BCUT2D eigenvalue weighted by Crippen LogP contribution is -2.16. The molecular formula is C40H41N11O2S2. The Morgan fingerprint density at radius 1 is 0.673 bits per heavy atom. The van der Waals surface area contributed by atoms with E-state index >= 15 is 0 Å². The van der Waals surface area contributed by atoms with Crippen LogP contribution in [-0.4, -0.2) is 53.6 Å². The van der Waals surface area contributed by atoms with Crippen LogP contribution >= 0.6 is 22.7 Å². The highest BCUT2D eigenvalue weighted by atomic mass is 32.1. The Labute approximate surface area is 326 Å². The first-order chi connectivity index (χ1) is 27.1. The number of fused-ring (bicyclic) bond motifs is 2. The van der Waals surface area contributed by atoms with E-state index in [1.165, 1.54) is 64.2 Å². The number of hydrogen-bond donors (Lipinski definition) is 3. The van der Waals surface area contributed by atoms with Gasteiger partial charge in [-0.3, -0.25) is 4.98 Å². The number of nitrogens with one attached hydrogen (secondary N) is 3. The number of anilines is 2. The zero-order chi connectivity index (χ0) is 37.2. The van der Waals surface area contributed by atoms with Gasteiger partial charge in [0.2, 0.25) is 5.82 Å². The van der Waals surface area contributed by atoms with E-state index < -0.39 is 0 Å². The van der Waals surface area contributed by atoms with E-state index in [0.717, 1.165) is 67.1 Å². The number of hydrogen-bond acceptors (Lipinski definition) is 14. The first kappa shape index (κ1) is 36.3. The minimum atomic E-state index is 0.343. The Morgan fingerprint density at radius 2 is 1.22 bits per heavy atom. The lowest BCUT2D eigenvalue weighted by molar-refractivity contribution is 0.373. The van der Waals surface area contributed by atoms with Crippen LogP contribution in [0.2, 0.25) is 0 Å². The number of rotatable bonds is 11. The molecule has 7 aromatic rings. The molecule has 0 amide bonds. The van der Waals surface area contributed by atoms with E-state index in [4.69, 9.17) is 19.7 Å². The second-order valence-electron chi connectivity index (χ2n) is 13.9. The van der Waals surface area contributed by atoms with Crippen LogP contribution < -0.4 is 20.1 Å². The van der Waals surface area contributed by atoms with Crippen LogP contribution in [0.4, 0.5) is 10.3 Å². The number of nitrogens with zero attached hydrogens (tertiary/aromatic N) is 8. The summed E-state index contributed by atoms with van der Waals surface area (Å²) in [6, 6.07) is 20.8. The van der Waals surface area contributed by atoms with E-state index in [0.29, 0.717) is 28.7 Å². The highest BCUT2D eigenvalue weighted by molar-refractivity contribution is 7.22. The van der Waals surface area contributed by atoms with Crippen molar-refractivity contribution in [2.45, 2.75) is 64.2 Å². The standard InChI is InChI=1S/C20H21N7OS.C20H20N4OS/c1-2-4-13(5-3-1)12-22-20-23-16-7-6-14(11-18(16)29-20)28-15-8-9-21-17(10-15)19-24-26-27-25-19;21-12-15-10-17(8-9-22-15)25-16-6-7-18-19(11-16)26-20(24-18)23-13-14-4-2-1-3-5-14/h6-11,13H,1-5,12H2,(H,22,23)(H,24,25,26,27);6-11,14H,1-5,13H2,(H,23,24). The van der Waals surface area contributed by atoms with Crippen molar-refractivity contribution in [3.63, 3.8) is 0 Å². The van der Waals surface area contributed by atoms with Gasteiger partial charge in [0, 0.05) is 49.7 Å². The molecule has 15 heteroatoms. The van der Waals surface area contributed by atoms with Crippen molar-refractivity contribution in [2.24, 2.45) is 11.8 Å². The van der Waals surface area contributed by atoms with Gasteiger partial charge in [-0.05, 0) is 79.1 Å². The van der Waals surface area contributed by atoms with Gasteiger partial charge in [-0.2, -0.15) is 10.5 Å². The number of pyridine rings is 2. The zero-order valence-electron chi connectivity index (χ0n) is 30.3. The second-order valence-corrected chi connectivity index (χ2v) is 15.9. The lowest BCUT2D eigenvalue weighted by Gasteiger charge is -2.21. The largest absolute Gasteiger partial charge is 0.457 e. The lowest BCUT2D eigenvalue weighted by atomic mass is 9.89. The molecule has 0 spiro atoms. The predicted molar refractivity (Wildman–Crippen MR) is 216 cm³/mol. The van der Waals surface area contributed by atoms with Crippen LogP contribution in [0.1, 0.15) is 69.9 Å². The highest BCUT2D eigenvalue weighted by Crippen LogP contribution is 2.34. The Morgan fingerprint density at radius 3 is 1.76 bits per heavy atom. The molecule has 2 aliphatic rings. The average Bonchev–Trinajstić information content (AvgIpc) is 4.01. The third-order valence-electron chi connectivity index (χ3n) is 9.88. The summed E-state index contributed by atoms with van der Waals surface area (Å²) in [6.45, 7) is 2.02. The SMILES string of the molecule is N#Cc1cc(Oc2ccc3nc(NCC4CCCCC4)sc3c2)ccn1.c1cc(Oc2ccc3nc(NCC4CCCCC4)sc3c2)cc(-c2nn[nH]n2)n1. The molecule has 0 unspecified atom stereocenters.